The van der Waals surface area contributed by atoms with E-state index in [9.17, 15) is 0 Å². The third kappa shape index (κ3) is 3.95. The van der Waals surface area contributed by atoms with Gasteiger partial charge in [-0.3, -0.25) is 0 Å². The molecule has 1 atom stereocenters. The topological polar surface area (TPSA) is 41.5 Å². The molecule has 1 aromatic rings. The summed E-state index contributed by atoms with van der Waals surface area (Å²) in [5.74, 6) is 0.954. The maximum absolute atomic E-state index is 8.73. The number of unbranched alkanes of at least 4 members (excludes halogenated alkanes) is 3. The molecule has 0 aliphatic heterocycles. The van der Waals surface area contributed by atoms with E-state index in [0.29, 0.717) is 12.6 Å². The van der Waals surface area contributed by atoms with Crippen molar-refractivity contribution in [2.24, 2.45) is 0 Å². The highest BCUT2D eigenvalue weighted by Crippen LogP contribution is 2.33. The van der Waals surface area contributed by atoms with Crippen LogP contribution in [0.25, 0.3) is 0 Å². The molecule has 2 N–H and O–H groups in total. The second-order valence-electron chi connectivity index (χ2n) is 5.25. The van der Waals surface area contributed by atoms with Crippen LogP contribution in [0.2, 0.25) is 0 Å². The maximum atomic E-state index is 8.73. The number of ether oxygens (including phenoxy) is 1. The Morgan fingerprint density at radius 1 is 1.26 bits per heavy atom. The molecule has 3 heteroatoms. The van der Waals surface area contributed by atoms with E-state index in [1.54, 1.807) is 7.11 Å². The second kappa shape index (κ2) is 7.51. The highest BCUT2D eigenvalue weighted by molar-refractivity contribution is 5.40. The summed E-state index contributed by atoms with van der Waals surface area (Å²) >= 11 is 0. The average molecular weight is 263 g/mol. The number of hydrogen-bond acceptors (Lipinski definition) is 3. The first-order valence-corrected chi connectivity index (χ1v) is 7.36. The Bertz CT molecular complexity index is 392. The van der Waals surface area contributed by atoms with Crippen LogP contribution < -0.4 is 10.1 Å². The largest absolute Gasteiger partial charge is 0.497 e. The van der Waals surface area contributed by atoms with Crippen LogP contribution in [0.4, 0.5) is 0 Å². The lowest BCUT2D eigenvalue weighted by Gasteiger charge is -2.14. The van der Waals surface area contributed by atoms with Gasteiger partial charge >= 0.3 is 0 Å². The Morgan fingerprint density at radius 2 is 2.11 bits per heavy atom. The van der Waals surface area contributed by atoms with Gasteiger partial charge < -0.3 is 15.2 Å². The molecule has 1 aliphatic carbocycles. The highest BCUT2D eigenvalue weighted by atomic mass is 16.5. The SMILES string of the molecule is COc1ccc2c(c1)C(NCCCCCCO)CC2. The standard InChI is InChI=1S/C16H25NO2/c1-19-14-8-6-13-7-9-16(15(13)12-14)17-10-4-2-3-5-11-18/h6,8,12,16-18H,2-5,7,9-11H2,1H3. The molecule has 0 amide bonds. The van der Waals surface area contributed by atoms with Crippen molar-refractivity contribution in [2.45, 2.75) is 44.6 Å². The third-order valence-electron chi connectivity index (χ3n) is 3.91. The van der Waals surface area contributed by atoms with E-state index < -0.39 is 0 Å². The predicted molar refractivity (Wildman–Crippen MR) is 77.6 cm³/mol. The van der Waals surface area contributed by atoms with Crippen molar-refractivity contribution in [3.8, 4) is 5.75 Å². The molecule has 0 saturated heterocycles. The number of aliphatic hydroxyl groups is 1. The molecule has 1 aromatic carbocycles. The monoisotopic (exact) mass is 263 g/mol. The molecule has 106 valence electrons. The average Bonchev–Trinajstić information content (AvgIpc) is 2.85. The molecule has 0 radical (unpaired) electrons. The minimum atomic E-state index is 0.323. The van der Waals surface area contributed by atoms with E-state index in [-0.39, 0.29) is 0 Å². The number of rotatable bonds is 8. The summed E-state index contributed by atoms with van der Waals surface area (Å²) < 4.78 is 5.31. The van der Waals surface area contributed by atoms with Gasteiger partial charge in [0.05, 0.1) is 7.11 Å². The molecule has 0 fully saturated rings. The first-order valence-electron chi connectivity index (χ1n) is 7.36. The quantitative estimate of drug-likeness (QED) is 0.709. The molecule has 0 bridgehead atoms. The molecule has 1 aliphatic rings. The Hall–Kier alpha value is -1.06. The van der Waals surface area contributed by atoms with Gasteiger partial charge in [-0.05, 0) is 55.5 Å². The van der Waals surface area contributed by atoms with Gasteiger partial charge in [-0.15, -0.1) is 0 Å². The van der Waals surface area contributed by atoms with Crippen LogP contribution in [0.15, 0.2) is 18.2 Å². The number of fused-ring (bicyclic) bond motifs is 1. The van der Waals surface area contributed by atoms with Crippen molar-refractivity contribution in [2.75, 3.05) is 20.3 Å². The molecule has 0 heterocycles. The fourth-order valence-electron chi connectivity index (χ4n) is 2.79. The summed E-state index contributed by atoms with van der Waals surface area (Å²) in [6.45, 7) is 1.38. The van der Waals surface area contributed by atoms with Crippen LogP contribution in [0.5, 0.6) is 5.75 Å². The Balaban J connectivity index is 1.78. The van der Waals surface area contributed by atoms with Gasteiger partial charge in [0, 0.05) is 12.6 Å². The number of hydrogen-bond donors (Lipinski definition) is 2. The van der Waals surface area contributed by atoms with Gasteiger partial charge in [-0.25, -0.2) is 0 Å². The smallest absolute Gasteiger partial charge is 0.119 e. The Morgan fingerprint density at radius 3 is 2.89 bits per heavy atom. The van der Waals surface area contributed by atoms with Gasteiger partial charge in [-0.1, -0.05) is 18.9 Å². The van der Waals surface area contributed by atoms with Gasteiger partial charge in [0.1, 0.15) is 5.75 Å². The van der Waals surface area contributed by atoms with Crippen molar-refractivity contribution in [3.05, 3.63) is 29.3 Å². The Kier molecular flexibility index (Phi) is 5.67. The maximum Gasteiger partial charge on any atom is 0.119 e. The first-order chi connectivity index (χ1) is 9.35. The summed E-state index contributed by atoms with van der Waals surface area (Å²) in [4.78, 5) is 0. The third-order valence-corrected chi connectivity index (χ3v) is 3.91. The van der Waals surface area contributed by atoms with Crippen molar-refractivity contribution in [1.82, 2.24) is 5.32 Å². The number of methoxy groups -OCH3 is 1. The van der Waals surface area contributed by atoms with Gasteiger partial charge in [-0.2, -0.15) is 0 Å². The molecule has 0 spiro atoms. The molecular weight excluding hydrogens is 238 g/mol. The van der Waals surface area contributed by atoms with Crippen LogP contribution in [0.1, 0.15) is 49.3 Å². The molecule has 0 saturated carbocycles. The number of aryl methyl sites for hydroxylation is 1. The fraction of sp³-hybridized carbons (Fsp3) is 0.625. The highest BCUT2D eigenvalue weighted by Gasteiger charge is 2.22. The van der Waals surface area contributed by atoms with Crippen molar-refractivity contribution in [1.29, 1.82) is 0 Å². The molecule has 3 nitrogen and oxygen atoms in total. The van der Waals surface area contributed by atoms with Crippen LogP contribution in [0.3, 0.4) is 0 Å². The van der Waals surface area contributed by atoms with E-state index in [2.05, 4.69) is 23.5 Å². The fourth-order valence-corrected chi connectivity index (χ4v) is 2.79. The normalized spacial score (nSPS) is 17.5. The lowest BCUT2D eigenvalue weighted by atomic mass is 10.1. The molecule has 19 heavy (non-hydrogen) atoms. The van der Waals surface area contributed by atoms with Crippen LogP contribution in [0, 0.1) is 0 Å². The van der Waals surface area contributed by atoms with E-state index in [1.807, 2.05) is 0 Å². The van der Waals surface area contributed by atoms with Gasteiger partial charge in [0.2, 0.25) is 0 Å². The van der Waals surface area contributed by atoms with Crippen LogP contribution >= 0.6 is 0 Å². The van der Waals surface area contributed by atoms with E-state index in [4.69, 9.17) is 9.84 Å². The summed E-state index contributed by atoms with van der Waals surface area (Å²) in [5, 5.41) is 12.4. The minimum absolute atomic E-state index is 0.323. The zero-order valence-electron chi connectivity index (χ0n) is 11.8. The summed E-state index contributed by atoms with van der Waals surface area (Å²) in [6, 6.07) is 6.90. The van der Waals surface area contributed by atoms with E-state index in [1.165, 1.54) is 36.8 Å². The first kappa shape index (κ1) is 14.4. The molecular formula is C16H25NO2. The number of benzene rings is 1. The number of aliphatic hydroxyl groups excluding tert-OH is 1. The van der Waals surface area contributed by atoms with Crippen molar-refractivity contribution in [3.63, 3.8) is 0 Å². The Labute approximate surface area is 116 Å². The lowest BCUT2D eigenvalue weighted by Crippen LogP contribution is -2.20. The molecule has 0 aromatic heterocycles. The zero-order valence-corrected chi connectivity index (χ0v) is 11.8. The summed E-state index contributed by atoms with van der Waals surface area (Å²) in [7, 11) is 1.72. The molecule has 1 unspecified atom stereocenters. The molecule has 2 rings (SSSR count). The lowest BCUT2D eigenvalue weighted by molar-refractivity contribution is 0.282. The zero-order chi connectivity index (χ0) is 13.5. The number of nitrogens with one attached hydrogen (secondary N) is 1. The summed E-state index contributed by atoms with van der Waals surface area (Å²) in [5.41, 5.74) is 2.87. The van der Waals surface area contributed by atoms with Gasteiger partial charge in [0.15, 0.2) is 0 Å². The summed E-state index contributed by atoms with van der Waals surface area (Å²) in [6.07, 6.45) is 6.82. The van der Waals surface area contributed by atoms with E-state index >= 15 is 0 Å². The van der Waals surface area contributed by atoms with Crippen molar-refractivity contribution < 1.29 is 9.84 Å². The van der Waals surface area contributed by atoms with Gasteiger partial charge in [0.25, 0.3) is 0 Å². The second-order valence-corrected chi connectivity index (χ2v) is 5.25. The van der Waals surface area contributed by atoms with Crippen LogP contribution in [-0.2, 0) is 6.42 Å². The minimum Gasteiger partial charge on any atom is -0.497 e. The van der Waals surface area contributed by atoms with Crippen LogP contribution in [-0.4, -0.2) is 25.4 Å². The predicted octanol–water partition coefficient (Wildman–Crippen LogP) is 2.82. The van der Waals surface area contributed by atoms with Crippen molar-refractivity contribution >= 4 is 0 Å². The van der Waals surface area contributed by atoms with E-state index in [0.717, 1.165) is 25.1 Å².